The van der Waals surface area contributed by atoms with Gasteiger partial charge in [-0.05, 0) is 17.6 Å². The molecule has 1 N–H and O–H groups in total. The third kappa shape index (κ3) is 1.91. The number of benzene rings is 1. The number of para-hydroxylation sites is 1. The van der Waals surface area contributed by atoms with Crippen LogP contribution in [0.5, 0.6) is 0 Å². The Bertz CT molecular complexity index is 654. The van der Waals surface area contributed by atoms with Gasteiger partial charge in [0.05, 0.1) is 11.3 Å². The van der Waals surface area contributed by atoms with E-state index in [2.05, 4.69) is 4.99 Å². The highest BCUT2D eigenvalue weighted by Crippen LogP contribution is 2.32. The fourth-order valence-corrected chi connectivity index (χ4v) is 2.61. The smallest absolute Gasteiger partial charge is 0.336 e. The van der Waals surface area contributed by atoms with Crippen molar-refractivity contribution in [1.82, 2.24) is 0 Å². The number of carboxylic acid groups (broad SMARTS) is 1. The van der Waals surface area contributed by atoms with Crippen LogP contribution < -0.4 is 0 Å². The van der Waals surface area contributed by atoms with Gasteiger partial charge in [0.2, 0.25) is 0 Å². The van der Waals surface area contributed by atoms with E-state index >= 15 is 0 Å². The Hall–Kier alpha value is -2.07. The molecule has 0 atom stereocenters. The van der Waals surface area contributed by atoms with Crippen molar-refractivity contribution in [3.8, 4) is 0 Å². The number of carbonyl (C=O) groups is 1. The molecule has 0 aliphatic carbocycles. The molecule has 0 aromatic heterocycles. The first-order valence-corrected chi connectivity index (χ1v) is 6.30. The largest absolute Gasteiger partial charge is 0.478 e. The zero-order valence-corrected chi connectivity index (χ0v) is 10.1. The average molecular weight is 255 g/mol. The van der Waals surface area contributed by atoms with Crippen LogP contribution in [0.2, 0.25) is 0 Å². The van der Waals surface area contributed by atoms with Crippen molar-refractivity contribution in [1.29, 1.82) is 0 Å². The Morgan fingerprint density at radius 2 is 2.06 bits per heavy atom. The average Bonchev–Trinajstić information content (AvgIpc) is 2.56. The van der Waals surface area contributed by atoms with Gasteiger partial charge in [-0.15, -0.1) is 0 Å². The molecule has 0 fully saturated rings. The van der Waals surface area contributed by atoms with Crippen LogP contribution in [0.3, 0.4) is 0 Å². The summed E-state index contributed by atoms with van der Waals surface area (Å²) in [6.07, 6.45) is 5.52. The monoisotopic (exact) mass is 255 g/mol. The normalized spacial score (nSPS) is 16.8. The van der Waals surface area contributed by atoms with Gasteiger partial charge in [0.15, 0.2) is 0 Å². The highest BCUT2D eigenvalue weighted by molar-refractivity contribution is 8.17. The zero-order valence-electron chi connectivity index (χ0n) is 9.33. The van der Waals surface area contributed by atoms with Gasteiger partial charge in [0, 0.05) is 11.1 Å². The Balaban J connectivity index is 2.09. The first-order chi connectivity index (χ1) is 8.74. The second kappa shape index (κ2) is 4.31. The maximum atomic E-state index is 10.9. The van der Waals surface area contributed by atoms with Crippen molar-refractivity contribution in [2.75, 3.05) is 0 Å². The van der Waals surface area contributed by atoms with E-state index in [9.17, 15) is 4.79 Å². The number of thioether (sulfide) groups is 1. The van der Waals surface area contributed by atoms with E-state index in [-0.39, 0.29) is 0 Å². The maximum absolute atomic E-state index is 10.9. The predicted octanol–water partition coefficient (Wildman–Crippen LogP) is 3.39. The first-order valence-electron chi connectivity index (χ1n) is 5.42. The molecular weight excluding hydrogens is 246 g/mol. The van der Waals surface area contributed by atoms with Crippen molar-refractivity contribution >= 4 is 34.5 Å². The summed E-state index contributed by atoms with van der Waals surface area (Å²) in [7, 11) is 0. The van der Waals surface area contributed by atoms with Crippen molar-refractivity contribution in [3.05, 3.63) is 58.5 Å². The van der Waals surface area contributed by atoms with Gasteiger partial charge < -0.3 is 5.11 Å². The summed E-state index contributed by atoms with van der Waals surface area (Å²) in [4.78, 5) is 15.5. The molecule has 0 unspecified atom stereocenters. The number of hydrogen-bond donors (Lipinski definition) is 1. The maximum Gasteiger partial charge on any atom is 0.336 e. The fraction of sp³-hybridized carbons (Fsp3) is 0. The topological polar surface area (TPSA) is 49.7 Å². The van der Waals surface area contributed by atoms with Crippen molar-refractivity contribution < 1.29 is 9.90 Å². The molecule has 4 heteroatoms. The Morgan fingerprint density at radius 1 is 1.22 bits per heavy atom. The summed E-state index contributed by atoms with van der Waals surface area (Å²) in [5, 5.41) is 11.4. The molecule has 0 saturated carbocycles. The lowest BCUT2D eigenvalue weighted by atomic mass is 10.1. The minimum atomic E-state index is -0.913. The molecule has 2 heterocycles. The zero-order chi connectivity index (χ0) is 12.5. The summed E-state index contributed by atoms with van der Waals surface area (Å²) in [5.41, 5.74) is 3.09. The highest BCUT2D eigenvalue weighted by atomic mass is 32.2. The van der Waals surface area contributed by atoms with E-state index in [1.165, 1.54) is 11.8 Å². The molecule has 0 spiro atoms. The number of carboxylic acids is 1. The molecular formula is C14H9NO2S. The molecule has 2 aliphatic heterocycles. The Morgan fingerprint density at radius 3 is 2.89 bits per heavy atom. The lowest BCUT2D eigenvalue weighted by Gasteiger charge is -2.09. The predicted molar refractivity (Wildman–Crippen MR) is 74.0 cm³/mol. The van der Waals surface area contributed by atoms with Gasteiger partial charge in [-0.2, -0.15) is 0 Å². The van der Waals surface area contributed by atoms with Gasteiger partial charge in [-0.25, -0.2) is 9.79 Å². The molecule has 3 rings (SSSR count). The standard InChI is InChI=1S/C14H9NO2S/c16-14(17)11-7-10-6-5-9-3-1-2-4-12(9)15-13(10)18-8-11/h1-8H,(H,16,17). The summed E-state index contributed by atoms with van der Waals surface area (Å²) >= 11 is 1.35. The number of nitrogens with zero attached hydrogens (tertiary/aromatic N) is 1. The van der Waals surface area contributed by atoms with Crippen LogP contribution in [-0.4, -0.2) is 16.1 Å². The minimum absolute atomic E-state index is 0.296. The molecule has 0 bridgehead atoms. The number of rotatable bonds is 1. The van der Waals surface area contributed by atoms with E-state index in [4.69, 9.17) is 5.11 Å². The van der Waals surface area contributed by atoms with Gasteiger partial charge >= 0.3 is 5.97 Å². The van der Waals surface area contributed by atoms with E-state index in [1.807, 2.05) is 36.4 Å². The SMILES string of the molecule is O=C(O)C1=CSC2=Nc3ccccc3C=CC2=C1. The van der Waals surface area contributed by atoms with Crippen molar-refractivity contribution in [2.45, 2.75) is 0 Å². The number of aliphatic carboxylic acids is 1. The van der Waals surface area contributed by atoms with E-state index in [1.54, 1.807) is 11.5 Å². The number of hydrogen-bond acceptors (Lipinski definition) is 3. The van der Waals surface area contributed by atoms with Crippen LogP contribution in [0.1, 0.15) is 5.56 Å². The van der Waals surface area contributed by atoms with Gasteiger partial charge in [-0.1, -0.05) is 42.1 Å². The lowest BCUT2D eigenvalue weighted by molar-refractivity contribution is -0.132. The van der Waals surface area contributed by atoms with Crippen LogP contribution in [0.15, 0.2) is 58.0 Å². The molecule has 0 radical (unpaired) electrons. The number of aliphatic imine (C=N–C) groups is 1. The van der Waals surface area contributed by atoms with Gasteiger partial charge in [0.25, 0.3) is 0 Å². The summed E-state index contributed by atoms with van der Waals surface area (Å²) in [6.45, 7) is 0. The third-order valence-corrected chi connectivity index (χ3v) is 3.63. The highest BCUT2D eigenvalue weighted by Gasteiger charge is 2.17. The second-order valence-electron chi connectivity index (χ2n) is 3.90. The molecule has 3 nitrogen and oxygen atoms in total. The quantitative estimate of drug-likeness (QED) is 0.836. The number of fused-ring (bicyclic) bond motifs is 2. The molecule has 0 saturated heterocycles. The van der Waals surface area contributed by atoms with Gasteiger partial charge in [-0.3, -0.25) is 0 Å². The summed E-state index contributed by atoms with van der Waals surface area (Å²) in [6, 6.07) is 7.84. The molecule has 18 heavy (non-hydrogen) atoms. The molecule has 88 valence electrons. The second-order valence-corrected chi connectivity index (χ2v) is 4.76. The van der Waals surface area contributed by atoms with E-state index < -0.39 is 5.97 Å². The van der Waals surface area contributed by atoms with Crippen LogP contribution >= 0.6 is 11.8 Å². The molecule has 1 aromatic rings. The van der Waals surface area contributed by atoms with Crippen LogP contribution in [0.4, 0.5) is 5.69 Å². The molecule has 2 aliphatic rings. The summed E-state index contributed by atoms with van der Waals surface area (Å²) in [5.74, 6) is -0.913. The Kier molecular flexibility index (Phi) is 2.64. The van der Waals surface area contributed by atoms with Crippen molar-refractivity contribution in [3.63, 3.8) is 0 Å². The lowest BCUT2D eigenvalue weighted by Crippen LogP contribution is -2.05. The Labute approximate surface area is 108 Å². The van der Waals surface area contributed by atoms with Crippen LogP contribution in [0.25, 0.3) is 6.08 Å². The summed E-state index contributed by atoms with van der Waals surface area (Å²) < 4.78 is 0. The minimum Gasteiger partial charge on any atom is -0.478 e. The third-order valence-electron chi connectivity index (χ3n) is 2.70. The van der Waals surface area contributed by atoms with Gasteiger partial charge in [0.1, 0.15) is 5.04 Å². The molecule has 1 aromatic carbocycles. The molecule has 0 amide bonds. The van der Waals surface area contributed by atoms with Crippen molar-refractivity contribution in [2.24, 2.45) is 4.99 Å². The van der Waals surface area contributed by atoms with E-state index in [0.29, 0.717) is 5.57 Å². The first kappa shape index (κ1) is 11.0. The van der Waals surface area contributed by atoms with Crippen LogP contribution in [-0.2, 0) is 4.79 Å². The number of allylic oxidation sites excluding steroid dienone is 1. The van der Waals surface area contributed by atoms with Crippen LogP contribution in [0, 0.1) is 0 Å². The van der Waals surface area contributed by atoms with E-state index in [0.717, 1.165) is 21.9 Å². The fourth-order valence-electron chi connectivity index (χ4n) is 1.79.